The molecule has 0 aromatic carbocycles. The molecule has 15 heavy (non-hydrogen) atoms. The van der Waals surface area contributed by atoms with Crippen molar-refractivity contribution in [2.75, 3.05) is 13.1 Å². The first-order valence-corrected chi connectivity index (χ1v) is 6.66. The summed E-state index contributed by atoms with van der Waals surface area (Å²) in [4.78, 5) is 0. The highest BCUT2D eigenvalue weighted by molar-refractivity contribution is 4.75. The SMILES string of the molecule is C=CCCCCCNCC1CCCC1C. The van der Waals surface area contributed by atoms with Crippen molar-refractivity contribution in [2.45, 2.75) is 51.9 Å². The van der Waals surface area contributed by atoms with Gasteiger partial charge in [-0.2, -0.15) is 0 Å². The lowest BCUT2D eigenvalue weighted by molar-refractivity contribution is 0.390. The zero-order chi connectivity index (χ0) is 10.9. The Morgan fingerprint density at radius 1 is 1.27 bits per heavy atom. The molecule has 1 nitrogen and oxygen atoms in total. The minimum absolute atomic E-state index is 0.957. The van der Waals surface area contributed by atoms with Crippen LogP contribution in [0.4, 0.5) is 0 Å². The van der Waals surface area contributed by atoms with Crippen LogP contribution >= 0.6 is 0 Å². The normalized spacial score (nSPS) is 25.7. The maximum atomic E-state index is 3.74. The number of hydrogen-bond acceptors (Lipinski definition) is 1. The summed E-state index contributed by atoms with van der Waals surface area (Å²) in [5.41, 5.74) is 0. The van der Waals surface area contributed by atoms with Crippen molar-refractivity contribution in [3.8, 4) is 0 Å². The first-order chi connectivity index (χ1) is 7.34. The van der Waals surface area contributed by atoms with Crippen molar-refractivity contribution >= 4 is 0 Å². The molecule has 0 amide bonds. The number of hydrogen-bond donors (Lipinski definition) is 1. The molecular weight excluding hydrogens is 182 g/mol. The molecule has 0 radical (unpaired) electrons. The second-order valence-corrected chi connectivity index (χ2v) is 5.01. The lowest BCUT2D eigenvalue weighted by Crippen LogP contribution is -2.25. The fourth-order valence-corrected chi connectivity index (χ4v) is 2.53. The maximum absolute atomic E-state index is 3.74. The van der Waals surface area contributed by atoms with Crippen LogP contribution in [-0.2, 0) is 0 Å². The fraction of sp³-hybridized carbons (Fsp3) is 0.857. The molecule has 2 atom stereocenters. The standard InChI is InChI=1S/C14H27N/c1-3-4-5-6-7-11-15-12-14-10-8-9-13(14)2/h3,13-15H,1,4-12H2,2H3. The second kappa shape index (κ2) is 7.92. The van der Waals surface area contributed by atoms with Gasteiger partial charge in [-0.1, -0.05) is 32.3 Å². The Labute approximate surface area is 95.3 Å². The third-order valence-electron chi connectivity index (χ3n) is 3.71. The van der Waals surface area contributed by atoms with E-state index in [1.54, 1.807) is 0 Å². The van der Waals surface area contributed by atoms with Gasteiger partial charge in [-0.15, -0.1) is 6.58 Å². The van der Waals surface area contributed by atoms with Gasteiger partial charge in [-0.3, -0.25) is 0 Å². The van der Waals surface area contributed by atoms with Crippen molar-refractivity contribution in [3.63, 3.8) is 0 Å². The number of unbranched alkanes of at least 4 members (excludes halogenated alkanes) is 3. The maximum Gasteiger partial charge on any atom is -0.00180 e. The number of nitrogens with one attached hydrogen (secondary N) is 1. The predicted octanol–water partition coefficient (Wildman–Crippen LogP) is 3.76. The second-order valence-electron chi connectivity index (χ2n) is 5.01. The first kappa shape index (κ1) is 12.8. The Bertz CT molecular complexity index is 165. The molecule has 1 aliphatic carbocycles. The minimum atomic E-state index is 0.957. The number of rotatable bonds is 8. The molecule has 0 heterocycles. The van der Waals surface area contributed by atoms with E-state index in [1.165, 1.54) is 58.0 Å². The van der Waals surface area contributed by atoms with Crippen LogP contribution in [0.15, 0.2) is 12.7 Å². The largest absolute Gasteiger partial charge is 0.316 e. The predicted molar refractivity (Wildman–Crippen MR) is 68.0 cm³/mol. The fourth-order valence-electron chi connectivity index (χ4n) is 2.53. The van der Waals surface area contributed by atoms with Gasteiger partial charge in [-0.05, 0) is 50.6 Å². The first-order valence-electron chi connectivity index (χ1n) is 6.66. The lowest BCUT2D eigenvalue weighted by Gasteiger charge is -2.15. The summed E-state index contributed by atoms with van der Waals surface area (Å²) in [5, 5.41) is 3.61. The Kier molecular flexibility index (Phi) is 6.74. The van der Waals surface area contributed by atoms with Gasteiger partial charge in [0, 0.05) is 0 Å². The van der Waals surface area contributed by atoms with E-state index in [4.69, 9.17) is 0 Å². The van der Waals surface area contributed by atoms with Gasteiger partial charge in [0.1, 0.15) is 0 Å². The summed E-state index contributed by atoms with van der Waals surface area (Å²) in [7, 11) is 0. The van der Waals surface area contributed by atoms with Gasteiger partial charge in [0.25, 0.3) is 0 Å². The van der Waals surface area contributed by atoms with Gasteiger partial charge in [0.15, 0.2) is 0 Å². The van der Waals surface area contributed by atoms with E-state index in [0.29, 0.717) is 0 Å². The van der Waals surface area contributed by atoms with E-state index in [0.717, 1.165) is 11.8 Å². The van der Waals surface area contributed by atoms with Crippen LogP contribution in [0.25, 0.3) is 0 Å². The van der Waals surface area contributed by atoms with Crippen LogP contribution in [0.3, 0.4) is 0 Å². The van der Waals surface area contributed by atoms with Gasteiger partial charge in [0.05, 0.1) is 0 Å². The molecule has 0 bridgehead atoms. The average Bonchev–Trinajstić information content (AvgIpc) is 2.63. The van der Waals surface area contributed by atoms with E-state index in [2.05, 4.69) is 18.8 Å². The molecule has 0 aromatic heterocycles. The average molecular weight is 209 g/mol. The van der Waals surface area contributed by atoms with Crippen molar-refractivity contribution < 1.29 is 0 Å². The van der Waals surface area contributed by atoms with Crippen LogP contribution in [0, 0.1) is 11.8 Å². The molecule has 1 saturated carbocycles. The van der Waals surface area contributed by atoms with Crippen LogP contribution < -0.4 is 5.32 Å². The van der Waals surface area contributed by atoms with E-state index in [9.17, 15) is 0 Å². The highest BCUT2D eigenvalue weighted by atomic mass is 14.9. The van der Waals surface area contributed by atoms with E-state index < -0.39 is 0 Å². The molecule has 0 saturated heterocycles. The monoisotopic (exact) mass is 209 g/mol. The quantitative estimate of drug-likeness (QED) is 0.474. The number of allylic oxidation sites excluding steroid dienone is 1. The zero-order valence-corrected chi connectivity index (χ0v) is 10.3. The summed E-state index contributed by atoms with van der Waals surface area (Å²) in [6.07, 6.45) is 11.5. The Balaban J connectivity index is 1.86. The van der Waals surface area contributed by atoms with E-state index in [1.807, 2.05) is 6.08 Å². The molecular formula is C14H27N. The molecule has 1 N–H and O–H groups in total. The molecule has 88 valence electrons. The highest BCUT2D eigenvalue weighted by Gasteiger charge is 2.22. The third-order valence-corrected chi connectivity index (χ3v) is 3.71. The van der Waals surface area contributed by atoms with Gasteiger partial charge in [0.2, 0.25) is 0 Å². The van der Waals surface area contributed by atoms with Crippen molar-refractivity contribution in [1.29, 1.82) is 0 Å². The van der Waals surface area contributed by atoms with Crippen molar-refractivity contribution in [2.24, 2.45) is 11.8 Å². The Hall–Kier alpha value is -0.300. The molecule has 1 aliphatic rings. The van der Waals surface area contributed by atoms with E-state index in [-0.39, 0.29) is 0 Å². The van der Waals surface area contributed by atoms with Crippen LogP contribution in [-0.4, -0.2) is 13.1 Å². The van der Waals surface area contributed by atoms with Crippen molar-refractivity contribution in [1.82, 2.24) is 5.32 Å². The molecule has 0 aliphatic heterocycles. The summed E-state index contributed by atoms with van der Waals surface area (Å²) in [5.74, 6) is 1.91. The van der Waals surface area contributed by atoms with Crippen molar-refractivity contribution in [3.05, 3.63) is 12.7 Å². The Morgan fingerprint density at radius 2 is 2.13 bits per heavy atom. The molecule has 2 unspecified atom stereocenters. The summed E-state index contributed by atoms with van der Waals surface area (Å²) >= 11 is 0. The Morgan fingerprint density at radius 3 is 2.80 bits per heavy atom. The molecule has 1 fully saturated rings. The topological polar surface area (TPSA) is 12.0 Å². The van der Waals surface area contributed by atoms with Gasteiger partial charge in [-0.25, -0.2) is 0 Å². The minimum Gasteiger partial charge on any atom is -0.316 e. The van der Waals surface area contributed by atoms with Gasteiger partial charge >= 0.3 is 0 Å². The highest BCUT2D eigenvalue weighted by Crippen LogP contribution is 2.30. The third kappa shape index (κ3) is 5.36. The molecule has 0 spiro atoms. The zero-order valence-electron chi connectivity index (χ0n) is 10.3. The van der Waals surface area contributed by atoms with E-state index >= 15 is 0 Å². The van der Waals surface area contributed by atoms with Crippen LogP contribution in [0.2, 0.25) is 0 Å². The lowest BCUT2D eigenvalue weighted by atomic mass is 9.98. The summed E-state index contributed by atoms with van der Waals surface area (Å²) < 4.78 is 0. The summed E-state index contributed by atoms with van der Waals surface area (Å²) in [6, 6.07) is 0. The smallest absolute Gasteiger partial charge is 0.00180 e. The molecule has 1 heteroatoms. The van der Waals surface area contributed by atoms with Gasteiger partial charge < -0.3 is 5.32 Å². The van der Waals surface area contributed by atoms with Crippen LogP contribution in [0.1, 0.15) is 51.9 Å². The summed E-state index contributed by atoms with van der Waals surface area (Å²) in [6.45, 7) is 8.61. The van der Waals surface area contributed by atoms with Crippen LogP contribution in [0.5, 0.6) is 0 Å². The molecule has 1 rings (SSSR count). The molecule has 0 aromatic rings.